The molecule has 0 radical (unpaired) electrons. The number of rotatable bonds is 4. The van der Waals surface area contributed by atoms with Gasteiger partial charge >= 0.3 is 0 Å². The second-order valence-electron chi connectivity index (χ2n) is 6.63. The van der Waals surface area contributed by atoms with Gasteiger partial charge in [0.2, 0.25) is 0 Å². The Kier molecular flexibility index (Phi) is 4.18. The molecule has 0 aliphatic rings. The smallest absolute Gasteiger partial charge is 0.270 e. The number of hydrogen-bond acceptors (Lipinski definition) is 2. The third-order valence-electron chi connectivity index (χ3n) is 4.56. The molecule has 2 aromatic heterocycles. The number of fused-ring (bicyclic) bond motifs is 1. The van der Waals surface area contributed by atoms with Gasteiger partial charge in [-0.1, -0.05) is 11.6 Å². The fourth-order valence-corrected chi connectivity index (χ4v) is 3.19. The molecule has 1 amide bonds. The highest BCUT2D eigenvalue weighted by Crippen LogP contribution is 2.26. The summed E-state index contributed by atoms with van der Waals surface area (Å²) < 4.78 is 1.78. The van der Waals surface area contributed by atoms with Gasteiger partial charge in [-0.25, -0.2) is 0 Å². The van der Waals surface area contributed by atoms with Gasteiger partial charge in [-0.2, -0.15) is 5.10 Å². The van der Waals surface area contributed by atoms with Crippen LogP contribution in [0.3, 0.4) is 0 Å². The van der Waals surface area contributed by atoms with E-state index in [9.17, 15) is 4.79 Å². The van der Waals surface area contributed by atoms with Crippen molar-refractivity contribution in [3.63, 3.8) is 0 Å². The number of H-pyrrole nitrogens is 1. The molecule has 2 heterocycles. The summed E-state index contributed by atoms with van der Waals surface area (Å²) in [4.78, 5) is 17.9. The molecule has 3 aromatic rings. The molecule has 0 aliphatic heterocycles. The average molecular weight is 324 g/mol. The maximum absolute atomic E-state index is 12.8. The van der Waals surface area contributed by atoms with Crippen molar-refractivity contribution in [3.05, 3.63) is 52.5 Å². The molecule has 5 heteroatoms. The van der Waals surface area contributed by atoms with Crippen LogP contribution in [0.1, 0.15) is 32.7 Å². The van der Waals surface area contributed by atoms with Gasteiger partial charge in [-0.3, -0.25) is 9.48 Å². The minimum Gasteiger partial charge on any atom is -0.350 e. The van der Waals surface area contributed by atoms with Crippen LogP contribution in [0.2, 0.25) is 0 Å². The summed E-state index contributed by atoms with van der Waals surface area (Å²) in [6, 6.07) is 4.28. The predicted molar refractivity (Wildman–Crippen MR) is 96.4 cm³/mol. The standard InChI is InChI=1S/C19H24N4O/c1-12-8-13(2)17-16(9-12)14(3)18(21-17)19(24)22(4)7-6-15-10-20-23(5)11-15/h8-11,21H,6-7H2,1-5H3. The van der Waals surface area contributed by atoms with Gasteiger partial charge in [0, 0.05) is 37.7 Å². The first-order chi connectivity index (χ1) is 11.4. The van der Waals surface area contributed by atoms with Crippen LogP contribution >= 0.6 is 0 Å². The van der Waals surface area contributed by atoms with E-state index >= 15 is 0 Å². The number of hydrogen-bond donors (Lipinski definition) is 1. The average Bonchev–Trinajstić information content (AvgIpc) is 3.09. The monoisotopic (exact) mass is 324 g/mol. The molecule has 0 atom stereocenters. The summed E-state index contributed by atoms with van der Waals surface area (Å²) in [7, 11) is 3.75. The number of nitrogens with one attached hydrogen (secondary N) is 1. The summed E-state index contributed by atoms with van der Waals surface area (Å²) in [5.41, 5.74) is 6.29. The number of nitrogens with zero attached hydrogens (tertiary/aromatic N) is 3. The van der Waals surface area contributed by atoms with E-state index in [1.165, 1.54) is 11.1 Å². The van der Waals surface area contributed by atoms with Gasteiger partial charge in [0.15, 0.2) is 0 Å². The minimum absolute atomic E-state index is 0.0321. The quantitative estimate of drug-likeness (QED) is 0.801. The first-order valence-corrected chi connectivity index (χ1v) is 8.19. The van der Waals surface area contributed by atoms with E-state index < -0.39 is 0 Å². The molecule has 1 aromatic carbocycles. The zero-order valence-electron chi connectivity index (χ0n) is 15.0. The summed E-state index contributed by atoms with van der Waals surface area (Å²) in [6.07, 6.45) is 4.63. The molecule has 24 heavy (non-hydrogen) atoms. The van der Waals surface area contributed by atoms with E-state index in [1.54, 1.807) is 9.58 Å². The molecular formula is C19H24N4O. The van der Waals surface area contributed by atoms with E-state index in [-0.39, 0.29) is 5.91 Å². The molecule has 0 bridgehead atoms. The molecule has 126 valence electrons. The number of benzene rings is 1. The molecule has 3 rings (SSSR count). The highest BCUT2D eigenvalue weighted by Gasteiger charge is 2.19. The van der Waals surface area contributed by atoms with Crippen molar-refractivity contribution in [3.8, 4) is 0 Å². The van der Waals surface area contributed by atoms with Crippen LogP contribution in [-0.2, 0) is 13.5 Å². The van der Waals surface area contributed by atoms with Crippen molar-refractivity contribution < 1.29 is 4.79 Å². The van der Waals surface area contributed by atoms with Gasteiger partial charge < -0.3 is 9.88 Å². The number of likely N-dealkylation sites (N-methyl/N-ethyl adjacent to an activating group) is 1. The molecule has 0 unspecified atom stereocenters. The number of aryl methyl sites for hydroxylation is 4. The topological polar surface area (TPSA) is 53.9 Å². The molecule has 0 spiro atoms. The second kappa shape index (κ2) is 6.15. The Balaban J connectivity index is 1.82. The third kappa shape index (κ3) is 2.94. The largest absolute Gasteiger partial charge is 0.350 e. The van der Waals surface area contributed by atoms with Crippen molar-refractivity contribution in [2.45, 2.75) is 27.2 Å². The van der Waals surface area contributed by atoms with Crippen LogP contribution < -0.4 is 0 Å². The van der Waals surface area contributed by atoms with Crippen molar-refractivity contribution in [1.29, 1.82) is 0 Å². The zero-order valence-corrected chi connectivity index (χ0v) is 15.0. The number of carbonyl (C=O) groups is 1. The van der Waals surface area contributed by atoms with Crippen LogP contribution in [0.4, 0.5) is 0 Å². The highest BCUT2D eigenvalue weighted by atomic mass is 16.2. The van der Waals surface area contributed by atoms with Gasteiger partial charge in [0.25, 0.3) is 5.91 Å². The molecule has 0 fully saturated rings. The maximum atomic E-state index is 12.8. The SMILES string of the molecule is Cc1cc(C)c2[nH]c(C(=O)N(C)CCc3cnn(C)c3)c(C)c2c1. The Morgan fingerprint density at radius 2 is 2.04 bits per heavy atom. The van der Waals surface area contributed by atoms with Crippen LogP contribution in [0.5, 0.6) is 0 Å². The lowest BCUT2D eigenvalue weighted by atomic mass is 10.1. The Hall–Kier alpha value is -2.56. The van der Waals surface area contributed by atoms with Crippen LogP contribution in [-0.4, -0.2) is 39.2 Å². The first-order valence-electron chi connectivity index (χ1n) is 8.19. The summed E-state index contributed by atoms with van der Waals surface area (Å²) in [5, 5.41) is 5.30. The van der Waals surface area contributed by atoms with E-state index in [0.29, 0.717) is 12.2 Å². The fraction of sp³-hybridized carbons (Fsp3) is 0.368. The molecule has 0 aliphatic carbocycles. The van der Waals surface area contributed by atoms with E-state index in [0.717, 1.165) is 28.5 Å². The number of carbonyl (C=O) groups excluding carboxylic acids is 1. The van der Waals surface area contributed by atoms with Crippen LogP contribution in [0.15, 0.2) is 24.5 Å². The van der Waals surface area contributed by atoms with Crippen molar-refractivity contribution in [2.24, 2.45) is 7.05 Å². The molecule has 0 saturated heterocycles. The van der Waals surface area contributed by atoms with Crippen molar-refractivity contribution >= 4 is 16.8 Å². The molecule has 1 N–H and O–H groups in total. The number of aromatic amines is 1. The highest BCUT2D eigenvalue weighted by molar-refractivity contribution is 6.01. The predicted octanol–water partition coefficient (Wildman–Crippen LogP) is 3.14. The molecular weight excluding hydrogens is 300 g/mol. The van der Waals surface area contributed by atoms with E-state index in [4.69, 9.17) is 0 Å². The summed E-state index contributed by atoms with van der Waals surface area (Å²) in [6.45, 7) is 6.84. The van der Waals surface area contributed by atoms with Gasteiger partial charge in [-0.15, -0.1) is 0 Å². The number of aromatic nitrogens is 3. The third-order valence-corrected chi connectivity index (χ3v) is 4.56. The normalized spacial score (nSPS) is 11.2. The lowest BCUT2D eigenvalue weighted by Crippen LogP contribution is -2.29. The Bertz CT molecular complexity index is 904. The maximum Gasteiger partial charge on any atom is 0.270 e. The van der Waals surface area contributed by atoms with Gasteiger partial charge in [0.1, 0.15) is 5.69 Å². The Morgan fingerprint density at radius 3 is 2.71 bits per heavy atom. The Morgan fingerprint density at radius 1 is 1.29 bits per heavy atom. The van der Waals surface area contributed by atoms with E-state index in [2.05, 4.69) is 36.1 Å². The van der Waals surface area contributed by atoms with Crippen LogP contribution in [0.25, 0.3) is 10.9 Å². The lowest BCUT2D eigenvalue weighted by molar-refractivity contribution is 0.0791. The first kappa shape index (κ1) is 16.3. The zero-order chi connectivity index (χ0) is 17.4. The van der Waals surface area contributed by atoms with Gasteiger partial charge in [0.05, 0.1) is 6.20 Å². The van der Waals surface area contributed by atoms with Crippen LogP contribution in [0, 0.1) is 20.8 Å². The summed E-state index contributed by atoms with van der Waals surface area (Å²) in [5.74, 6) is 0.0321. The summed E-state index contributed by atoms with van der Waals surface area (Å²) >= 11 is 0. The van der Waals surface area contributed by atoms with Crippen molar-refractivity contribution in [2.75, 3.05) is 13.6 Å². The van der Waals surface area contributed by atoms with Crippen molar-refractivity contribution in [1.82, 2.24) is 19.7 Å². The molecule has 5 nitrogen and oxygen atoms in total. The second-order valence-corrected chi connectivity index (χ2v) is 6.63. The minimum atomic E-state index is 0.0321. The van der Waals surface area contributed by atoms with E-state index in [1.807, 2.05) is 33.4 Å². The van der Waals surface area contributed by atoms with Gasteiger partial charge in [-0.05, 0) is 49.9 Å². The molecule has 0 saturated carbocycles. The lowest BCUT2D eigenvalue weighted by Gasteiger charge is -2.16. The number of amides is 1. The fourth-order valence-electron chi connectivity index (χ4n) is 3.19. The Labute approximate surface area is 142 Å².